The van der Waals surface area contributed by atoms with Gasteiger partial charge in [-0.2, -0.15) is 0 Å². The van der Waals surface area contributed by atoms with E-state index in [1.807, 2.05) is 6.26 Å². The summed E-state index contributed by atoms with van der Waals surface area (Å²) in [5.41, 5.74) is 0. The lowest BCUT2D eigenvalue weighted by Gasteiger charge is -2.27. The first-order valence-corrected chi connectivity index (χ1v) is 7.66. The summed E-state index contributed by atoms with van der Waals surface area (Å²) in [7, 11) is 2.08. The van der Waals surface area contributed by atoms with Crippen LogP contribution in [0.2, 0.25) is 0 Å². The van der Waals surface area contributed by atoms with Gasteiger partial charge in [0.05, 0.1) is 11.5 Å². The Balaban J connectivity index is 2.32. The summed E-state index contributed by atoms with van der Waals surface area (Å²) in [6.45, 7) is 5.54. The first kappa shape index (κ1) is 16.3. The Morgan fingerprint density at radius 3 is 3.00 bits per heavy atom. The van der Waals surface area contributed by atoms with Crippen LogP contribution in [0, 0.1) is 16.0 Å². The van der Waals surface area contributed by atoms with Gasteiger partial charge >= 0.3 is 0 Å². The standard InChI is InChI=1S/C12H23N3O3S/c1-10(6-13-12(19-3)8-15(16)17)14(2)7-11-4-5-18-9-11/h8,10-11,13H,4-7,9H2,1-3H3. The smallest absolute Gasteiger partial charge is 0.263 e. The molecule has 1 N–H and O–H groups in total. The Kier molecular flexibility index (Phi) is 7.19. The minimum absolute atomic E-state index is 0.322. The van der Waals surface area contributed by atoms with E-state index in [0.717, 1.165) is 32.4 Å². The van der Waals surface area contributed by atoms with Crippen molar-refractivity contribution in [2.45, 2.75) is 19.4 Å². The van der Waals surface area contributed by atoms with Crippen LogP contribution in [0.15, 0.2) is 11.2 Å². The number of nitro groups is 1. The molecule has 1 rings (SSSR count). The molecular weight excluding hydrogens is 266 g/mol. The number of hydrogen-bond donors (Lipinski definition) is 1. The fraction of sp³-hybridized carbons (Fsp3) is 0.833. The monoisotopic (exact) mass is 289 g/mol. The van der Waals surface area contributed by atoms with Crippen LogP contribution in [0.4, 0.5) is 0 Å². The second-order valence-electron chi connectivity index (χ2n) is 4.88. The molecule has 6 nitrogen and oxygen atoms in total. The molecule has 110 valence electrons. The van der Waals surface area contributed by atoms with Gasteiger partial charge in [0.1, 0.15) is 5.03 Å². The van der Waals surface area contributed by atoms with Crippen LogP contribution in [0.3, 0.4) is 0 Å². The molecular formula is C12H23N3O3S. The van der Waals surface area contributed by atoms with E-state index >= 15 is 0 Å². The van der Waals surface area contributed by atoms with Crippen molar-refractivity contribution in [2.75, 3.05) is 39.6 Å². The van der Waals surface area contributed by atoms with Crippen LogP contribution < -0.4 is 5.32 Å². The molecule has 0 aliphatic carbocycles. The van der Waals surface area contributed by atoms with Crippen molar-refractivity contribution in [1.82, 2.24) is 10.2 Å². The molecule has 1 fully saturated rings. The lowest BCUT2D eigenvalue weighted by Crippen LogP contribution is -2.40. The van der Waals surface area contributed by atoms with Crippen molar-refractivity contribution in [1.29, 1.82) is 0 Å². The maximum absolute atomic E-state index is 10.4. The van der Waals surface area contributed by atoms with E-state index in [0.29, 0.717) is 23.5 Å². The zero-order valence-electron chi connectivity index (χ0n) is 11.8. The number of rotatable bonds is 8. The fourth-order valence-corrected chi connectivity index (χ4v) is 2.40. The van der Waals surface area contributed by atoms with E-state index in [9.17, 15) is 10.1 Å². The highest BCUT2D eigenvalue weighted by Crippen LogP contribution is 2.14. The van der Waals surface area contributed by atoms with Crippen molar-refractivity contribution in [2.24, 2.45) is 5.92 Å². The molecule has 0 saturated carbocycles. The molecule has 1 aliphatic rings. The summed E-state index contributed by atoms with van der Waals surface area (Å²) < 4.78 is 5.37. The highest BCUT2D eigenvalue weighted by atomic mass is 32.2. The highest BCUT2D eigenvalue weighted by Gasteiger charge is 2.20. The molecule has 2 unspecified atom stereocenters. The van der Waals surface area contributed by atoms with Gasteiger partial charge in [-0.1, -0.05) is 0 Å². The van der Waals surface area contributed by atoms with E-state index in [2.05, 4.69) is 24.2 Å². The van der Waals surface area contributed by atoms with Gasteiger partial charge in [-0.15, -0.1) is 11.8 Å². The van der Waals surface area contributed by atoms with Gasteiger partial charge < -0.3 is 15.0 Å². The van der Waals surface area contributed by atoms with Crippen molar-refractivity contribution in [3.8, 4) is 0 Å². The van der Waals surface area contributed by atoms with Crippen LogP contribution in [0.25, 0.3) is 0 Å². The van der Waals surface area contributed by atoms with Crippen LogP contribution >= 0.6 is 11.8 Å². The third-order valence-corrected chi connectivity index (χ3v) is 4.03. The van der Waals surface area contributed by atoms with Gasteiger partial charge in [0, 0.05) is 25.7 Å². The minimum atomic E-state index is -0.427. The van der Waals surface area contributed by atoms with E-state index in [1.165, 1.54) is 11.8 Å². The van der Waals surface area contributed by atoms with Crippen molar-refractivity contribution >= 4 is 11.8 Å². The van der Waals surface area contributed by atoms with E-state index < -0.39 is 4.92 Å². The first-order chi connectivity index (χ1) is 9.02. The number of thioether (sulfide) groups is 1. The van der Waals surface area contributed by atoms with Gasteiger partial charge in [0.2, 0.25) is 0 Å². The van der Waals surface area contributed by atoms with Crippen LogP contribution in [-0.4, -0.2) is 55.5 Å². The number of nitrogens with one attached hydrogen (secondary N) is 1. The Labute approximate surface area is 118 Å². The third kappa shape index (κ3) is 6.26. The van der Waals surface area contributed by atoms with Crippen LogP contribution in [0.5, 0.6) is 0 Å². The molecule has 0 aromatic carbocycles. The lowest BCUT2D eigenvalue weighted by molar-refractivity contribution is -0.403. The summed E-state index contributed by atoms with van der Waals surface area (Å²) in [6.07, 6.45) is 3.97. The highest BCUT2D eigenvalue weighted by molar-refractivity contribution is 8.02. The molecule has 0 radical (unpaired) electrons. The molecule has 1 saturated heterocycles. The van der Waals surface area contributed by atoms with Crippen LogP contribution in [-0.2, 0) is 4.74 Å². The summed E-state index contributed by atoms with van der Waals surface area (Å²) in [5, 5.41) is 14.1. The predicted octanol–water partition coefficient (Wildman–Crippen LogP) is 1.37. The Bertz CT molecular complexity index is 319. The molecule has 0 amide bonds. The van der Waals surface area contributed by atoms with Crippen molar-refractivity contribution in [3.05, 3.63) is 21.3 Å². The van der Waals surface area contributed by atoms with Gasteiger partial charge in [-0.25, -0.2) is 0 Å². The normalized spacial score (nSPS) is 21.7. The van der Waals surface area contributed by atoms with E-state index in [1.54, 1.807) is 0 Å². The molecule has 19 heavy (non-hydrogen) atoms. The minimum Gasteiger partial charge on any atom is -0.381 e. The van der Waals surface area contributed by atoms with Crippen molar-refractivity contribution in [3.63, 3.8) is 0 Å². The molecule has 0 aromatic heterocycles. The topological polar surface area (TPSA) is 67.6 Å². The average molecular weight is 289 g/mol. The molecule has 2 atom stereocenters. The third-order valence-electron chi connectivity index (χ3n) is 3.34. The summed E-state index contributed by atoms with van der Waals surface area (Å²) >= 11 is 1.35. The molecule has 0 aromatic rings. The zero-order chi connectivity index (χ0) is 14.3. The number of hydrogen-bond acceptors (Lipinski definition) is 6. The molecule has 0 bridgehead atoms. The molecule has 0 spiro atoms. The average Bonchev–Trinajstić information content (AvgIpc) is 2.86. The summed E-state index contributed by atoms with van der Waals surface area (Å²) in [4.78, 5) is 12.3. The van der Waals surface area contributed by atoms with Gasteiger partial charge in [0.25, 0.3) is 6.20 Å². The fourth-order valence-electron chi connectivity index (χ4n) is 1.98. The number of ether oxygens (including phenoxy) is 1. The SMILES string of the molecule is CSC(=C[N+](=O)[O-])NCC(C)N(C)CC1CCOC1. The lowest BCUT2D eigenvalue weighted by atomic mass is 10.1. The quantitative estimate of drug-likeness (QED) is 0.538. The Morgan fingerprint density at radius 1 is 1.74 bits per heavy atom. The summed E-state index contributed by atoms with van der Waals surface area (Å²) in [6, 6.07) is 0.322. The predicted molar refractivity (Wildman–Crippen MR) is 77.6 cm³/mol. The second-order valence-corrected chi connectivity index (χ2v) is 5.73. The van der Waals surface area contributed by atoms with Gasteiger partial charge in [-0.3, -0.25) is 10.1 Å². The largest absolute Gasteiger partial charge is 0.381 e. The number of nitrogens with zero attached hydrogens (tertiary/aromatic N) is 2. The molecule has 1 aliphatic heterocycles. The Morgan fingerprint density at radius 2 is 2.47 bits per heavy atom. The summed E-state index contributed by atoms with van der Waals surface area (Å²) in [5.74, 6) is 0.613. The number of likely N-dealkylation sites (N-methyl/N-ethyl adjacent to an activating group) is 1. The van der Waals surface area contributed by atoms with Gasteiger partial charge in [-0.05, 0) is 32.6 Å². The molecule has 1 heterocycles. The zero-order valence-corrected chi connectivity index (χ0v) is 12.6. The molecule has 7 heteroatoms. The Hall–Kier alpha value is -0.790. The van der Waals surface area contributed by atoms with Crippen molar-refractivity contribution < 1.29 is 9.66 Å². The van der Waals surface area contributed by atoms with Gasteiger partial charge in [0.15, 0.2) is 0 Å². The van der Waals surface area contributed by atoms with E-state index in [-0.39, 0.29) is 0 Å². The second kappa shape index (κ2) is 8.39. The first-order valence-electron chi connectivity index (χ1n) is 6.44. The maximum atomic E-state index is 10.4. The maximum Gasteiger partial charge on any atom is 0.263 e. The van der Waals surface area contributed by atoms with Crippen LogP contribution in [0.1, 0.15) is 13.3 Å². The van der Waals surface area contributed by atoms with E-state index in [4.69, 9.17) is 4.74 Å².